The van der Waals surface area contributed by atoms with Gasteiger partial charge in [0.15, 0.2) is 5.13 Å². The van der Waals surface area contributed by atoms with Crippen LogP contribution in [0, 0.1) is 0 Å². The summed E-state index contributed by atoms with van der Waals surface area (Å²) in [5.41, 5.74) is 1.56. The molecule has 2 aromatic carbocycles. The number of rotatable bonds is 4. The molecule has 6 nitrogen and oxygen atoms in total. The Kier molecular flexibility index (Phi) is 6.41. The molecule has 0 aliphatic carbocycles. The third-order valence-corrected chi connectivity index (χ3v) is 8.04. The second kappa shape index (κ2) is 9.36. The van der Waals surface area contributed by atoms with Crippen molar-refractivity contribution in [3.63, 3.8) is 0 Å². The van der Waals surface area contributed by atoms with Crippen LogP contribution in [0.25, 0.3) is 5.57 Å². The fourth-order valence-electron chi connectivity index (χ4n) is 4.09. The van der Waals surface area contributed by atoms with E-state index in [-0.39, 0.29) is 5.88 Å². The van der Waals surface area contributed by atoms with Gasteiger partial charge >= 0.3 is 6.18 Å². The quantitative estimate of drug-likeness (QED) is 0.524. The first-order chi connectivity index (χ1) is 16.7. The van der Waals surface area contributed by atoms with Gasteiger partial charge in [-0.15, -0.1) is 0 Å². The number of aromatic nitrogens is 1. The van der Waals surface area contributed by atoms with Gasteiger partial charge in [-0.05, 0) is 47.7 Å². The molecular weight excluding hydrogens is 543 g/mol. The first-order valence-electron chi connectivity index (χ1n) is 10.9. The number of halogens is 4. The van der Waals surface area contributed by atoms with Crippen LogP contribution in [0.2, 0.25) is 0 Å². The lowest BCUT2D eigenvalue weighted by Crippen LogP contribution is -2.44. The number of hydrogen-bond acceptors (Lipinski definition) is 7. The molecule has 0 bridgehead atoms. The summed E-state index contributed by atoms with van der Waals surface area (Å²) in [4.78, 5) is 9.42. The van der Waals surface area contributed by atoms with Crippen molar-refractivity contribution in [2.24, 2.45) is 10.2 Å². The Morgan fingerprint density at radius 1 is 1.11 bits per heavy atom. The number of fused-ring (bicyclic) bond motifs is 1. The fourth-order valence-corrected chi connectivity index (χ4v) is 5.69. The highest BCUT2D eigenvalue weighted by molar-refractivity contribution is 9.10. The number of benzene rings is 2. The molecule has 5 rings (SSSR count). The number of likely N-dealkylation sites (N-methyl/N-ethyl adjacent to an activating group) is 1. The molecule has 3 aromatic rings. The normalized spacial score (nSPS) is 16.9. The molecule has 1 saturated heterocycles. The number of alkyl halides is 3. The highest BCUT2D eigenvalue weighted by atomic mass is 79.9. The van der Waals surface area contributed by atoms with Crippen LogP contribution < -0.4 is 15.5 Å². The maximum atomic E-state index is 13.2. The highest BCUT2D eigenvalue weighted by Crippen LogP contribution is 2.38. The average molecular weight is 564 g/mol. The molecule has 1 fully saturated rings. The van der Waals surface area contributed by atoms with Gasteiger partial charge in [-0.25, -0.2) is 0 Å². The van der Waals surface area contributed by atoms with Gasteiger partial charge in [-0.3, -0.25) is 0 Å². The Bertz CT molecular complexity index is 1430. The van der Waals surface area contributed by atoms with E-state index in [1.807, 2.05) is 18.2 Å². The third kappa shape index (κ3) is 4.98. The molecule has 1 N–H and O–H groups in total. The van der Waals surface area contributed by atoms with Gasteiger partial charge in [-0.1, -0.05) is 39.4 Å². The lowest BCUT2D eigenvalue weighted by Gasteiger charge is -2.31. The molecule has 0 saturated carbocycles. The Hall–Kier alpha value is -2.76. The molecule has 2 aliphatic heterocycles. The molecule has 3 heterocycles. The molecular formula is C24H21BrF3N5OS. The van der Waals surface area contributed by atoms with Crippen molar-refractivity contribution >= 4 is 44.2 Å². The van der Waals surface area contributed by atoms with Crippen LogP contribution in [-0.2, 0) is 12.6 Å². The van der Waals surface area contributed by atoms with Gasteiger partial charge in [0.25, 0.3) is 0 Å². The van der Waals surface area contributed by atoms with Gasteiger partial charge in [0.1, 0.15) is 0 Å². The molecule has 1 aromatic heterocycles. The van der Waals surface area contributed by atoms with E-state index in [1.165, 1.54) is 17.4 Å². The molecule has 35 heavy (non-hydrogen) atoms. The van der Waals surface area contributed by atoms with Crippen LogP contribution in [0.15, 0.2) is 51.1 Å². The van der Waals surface area contributed by atoms with E-state index in [4.69, 9.17) is 0 Å². The van der Waals surface area contributed by atoms with Crippen LogP contribution >= 0.6 is 27.3 Å². The topological polar surface area (TPSA) is 64.3 Å². The predicted octanol–water partition coefficient (Wildman–Crippen LogP) is 3.79. The lowest BCUT2D eigenvalue weighted by molar-refractivity contribution is -0.137. The minimum absolute atomic E-state index is 0.0826. The summed E-state index contributed by atoms with van der Waals surface area (Å²) >= 11 is 4.71. The van der Waals surface area contributed by atoms with E-state index in [0.29, 0.717) is 21.3 Å². The maximum absolute atomic E-state index is 13.2. The van der Waals surface area contributed by atoms with E-state index in [9.17, 15) is 18.3 Å². The van der Waals surface area contributed by atoms with Crippen LogP contribution in [0.5, 0.6) is 5.88 Å². The van der Waals surface area contributed by atoms with Gasteiger partial charge in [0, 0.05) is 42.6 Å². The fraction of sp³-hybridized carbons (Fsp3) is 0.292. The zero-order valence-electron chi connectivity index (χ0n) is 18.7. The van der Waals surface area contributed by atoms with E-state index in [0.717, 1.165) is 65.2 Å². The Labute approximate surface area is 211 Å². The Morgan fingerprint density at radius 3 is 2.60 bits per heavy atom. The second-order valence-corrected chi connectivity index (χ2v) is 10.3. The number of nitrogens with zero attached hydrogens (tertiary/aromatic N) is 5. The van der Waals surface area contributed by atoms with Crippen molar-refractivity contribution in [2.45, 2.75) is 12.6 Å². The number of aromatic hydroxyl groups is 1. The summed E-state index contributed by atoms with van der Waals surface area (Å²) in [5, 5.41) is 21.2. The van der Waals surface area contributed by atoms with E-state index in [2.05, 4.69) is 48.0 Å². The standard InChI is InChI=1S/C24H21BrF3N5OS/c1-32-6-8-33(9-7-32)23-30-22(34)21(35-23)18(14-3-5-20-16(10-14)13-29-31-20)11-15-2-4-17(12-19(15)25)24(26,27)28/h2-5,10,12-13,34H,6-9,11H2,1H3. The first kappa shape index (κ1) is 24.0. The molecule has 0 atom stereocenters. The SMILES string of the molecule is CN1CCN(c2nc(O)c(C(Cc3ccc(C(F)(F)F)cc3Br)=c3ccc4c(c3)C=NN=4)s2)CC1. The van der Waals surface area contributed by atoms with Crippen molar-refractivity contribution < 1.29 is 18.3 Å². The second-order valence-electron chi connectivity index (χ2n) is 8.52. The predicted molar refractivity (Wildman–Crippen MR) is 134 cm³/mol. The van der Waals surface area contributed by atoms with Crippen molar-refractivity contribution in [1.82, 2.24) is 9.88 Å². The van der Waals surface area contributed by atoms with Crippen LogP contribution in [0.3, 0.4) is 0 Å². The highest BCUT2D eigenvalue weighted by Gasteiger charge is 2.31. The van der Waals surface area contributed by atoms with E-state index >= 15 is 0 Å². The largest absolute Gasteiger partial charge is 0.492 e. The summed E-state index contributed by atoms with van der Waals surface area (Å²) < 4.78 is 39.9. The average Bonchev–Trinajstić information content (AvgIpc) is 3.44. The van der Waals surface area contributed by atoms with Crippen molar-refractivity contribution in [1.29, 1.82) is 0 Å². The Balaban J connectivity index is 1.60. The van der Waals surface area contributed by atoms with Crippen LogP contribution in [0.1, 0.15) is 21.6 Å². The molecule has 0 spiro atoms. The Morgan fingerprint density at radius 2 is 1.89 bits per heavy atom. The molecule has 11 heteroatoms. The van der Waals surface area contributed by atoms with Gasteiger partial charge in [0.2, 0.25) is 5.88 Å². The molecule has 182 valence electrons. The minimum Gasteiger partial charge on any atom is -0.492 e. The molecule has 2 aliphatic rings. The van der Waals surface area contributed by atoms with Gasteiger partial charge in [0.05, 0.1) is 22.0 Å². The minimum atomic E-state index is -4.43. The van der Waals surface area contributed by atoms with E-state index in [1.54, 1.807) is 6.21 Å². The summed E-state index contributed by atoms with van der Waals surface area (Å²) in [5.74, 6) is -0.0826. The monoisotopic (exact) mass is 563 g/mol. The maximum Gasteiger partial charge on any atom is 0.416 e. The van der Waals surface area contributed by atoms with Crippen molar-refractivity contribution in [3.8, 4) is 5.88 Å². The van der Waals surface area contributed by atoms with Crippen molar-refractivity contribution in [3.05, 3.63) is 73.0 Å². The number of piperazine rings is 1. The number of anilines is 1. The summed E-state index contributed by atoms with van der Waals surface area (Å²) in [6.07, 6.45) is -2.47. The summed E-state index contributed by atoms with van der Waals surface area (Å²) in [6, 6.07) is 9.29. The van der Waals surface area contributed by atoms with Gasteiger partial charge < -0.3 is 14.9 Å². The van der Waals surface area contributed by atoms with Crippen LogP contribution in [-0.4, -0.2) is 54.4 Å². The van der Waals surface area contributed by atoms with Gasteiger partial charge in [-0.2, -0.15) is 28.4 Å². The number of thiazole rings is 1. The molecule has 0 amide bonds. The zero-order chi connectivity index (χ0) is 24.7. The molecule has 0 unspecified atom stereocenters. The smallest absolute Gasteiger partial charge is 0.416 e. The summed E-state index contributed by atoms with van der Waals surface area (Å²) in [7, 11) is 2.07. The first-order valence-corrected chi connectivity index (χ1v) is 12.5. The van der Waals surface area contributed by atoms with E-state index < -0.39 is 11.7 Å². The van der Waals surface area contributed by atoms with Crippen molar-refractivity contribution in [2.75, 3.05) is 38.1 Å². The number of hydrogen-bond donors (Lipinski definition) is 1. The lowest BCUT2D eigenvalue weighted by atomic mass is 9.99. The third-order valence-electron chi connectivity index (χ3n) is 6.13. The van der Waals surface area contributed by atoms with Crippen LogP contribution in [0.4, 0.5) is 18.3 Å². The molecule has 0 radical (unpaired) electrons. The zero-order valence-corrected chi connectivity index (χ0v) is 21.1. The summed E-state index contributed by atoms with van der Waals surface area (Å²) in [6.45, 7) is 3.41.